The smallest absolute Gasteiger partial charge is 0.226 e. The molecule has 1 saturated heterocycles. The number of rotatable bonds is 5. The first-order chi connectivity index (χ1) is 8.03. The fraction of sp³-hybridized carbons (Fsp3) is 0.929. The summed E-state index contributed by atoms with van der Waals surface area (Å²) in [6.45, 7) is 10.6. The number of piperidine rings is 1. The number of hydrogen-bond acceptors (Lipinski definition) is 2. The van der Waals surface area contributed by atoms with Gasteiger partial charge in [0.15, 0.2) is 0 Å². The van der Waals surface area contributed by atoms with Crippen LogP contribution < -0.4 is 10.6 Å². The molecule has 1 fully saturated rings. The van der Waals surface area contributed by atoms with Crippen molar-refractivity contribution in [3.63, 3.8) is 0 Å². The van der Waals surface area contributed by atoms with E-state index in [0.29, 0.717) is 12.0 Å². The van der Waals surface area contributed by atoms with Crippen LogP contribution >= 0.6 is 0 Å². The quantitative estimate of drug-likeness (QED) is 0.774. The lowest BCUT2D eigenvalue weighted by molar-refractivity contribution is -0.132. The van der Waals surface area contributed by atoms with Gasteiger partial charge in [0.2, 0.25) is 5.91 Å². The van der Waals surface area contributed by atoms with Gasteiger partial charge in [-0.1, -0.05) is 33.6 Å². The number of nitrogens with one attached hydrogen (secondary N) is 2. The molecule has 1 unspecified atom stereocenters. The van der Waals surface area contributed by atoms with E-state index < -0.39 is 0 Å². The molecule has 1 heterocycles. The molecule has 0 aliphatic carbocycles. The molecular formula is C14H28N2O. The summed E-state index contributed by atoms with van der Waals surface area (Å²) in [5.74, 6) is 0.850. The van der Waals surface area contributed by atoms with E-state index in [1.54, 1.807) is 0 Å². The lowest BCUT2D eigenvalue weighted by Crippen LogP contribution is -2.49. The first-order valence-corrected chi connectivity index (χ1v) is 7.05. The summed E-state index contributed by atoms with van der Waals surface area (Å²) in [7, 11) is 0. The van der Waals surface area contributed by atoms with E-state index in [4.69, 9.17) is 0 Å². The molecule has 17 heavy (non-hydrogen) atoms. The summed E-state index contributed by atoms with van der Waals surface area (Å²) in [6.07, 6.45) is 4.18. The molecule has 0 aromatic rings. The van der Waals surface area contributed by atoms with E-state index >= 15 is 0 Å². The average molecular weight is 240 g/mol. The molecule has 0 radical (unpaired) electrons. The van der Waals surface area contributed by atoms with Crippen molar-refractivity contribution < 1.29 is 4.79 Å². The molecule has 3 nitrogen and oxygen atoms in total. The molecule has 0 aromatic heterocycles. The molecule has 0 bridgehead atoms. The van der Waals surface area contributed by atoms with Crippen molar-refractivity contribution in [1.82, 2.24) is 10.6 Å². The normalized spacial score (nSPS) is 21.2. The Morgan fingerprint density at radius 1 is 1.29 bits per heavy atom. The zero-order chi connectivity index (χ0) is 12.9. The van der Waals surface area contributed by atoms with Crippen LogP contribution in [0.5, 0.6) is 0 Å². The molecule has 0 saturated carbocycles. The molecule has 3 heteroatoms. The summed E-state index contributed by atoms with van der Waals surface area (Å²) >= 11 is 0. The van der Waals surface area contributed by atoms with Gasteiger partial charge in [0, 0.05) is 11.5 Å². The van der Waals surface area contributed by atoms with Crippen LogP contribution in [0.1, 0.15) is 53.4 Å². The zero-order valence-electron chi connectivity index (χ0n) is 11.8. The Balaban J connectivity index is 2.52. The van der Waals surface area contributed by atoms with Crippen LogP contribution in [0.2, 0.25) is 0 Å². The van der Waals surface area contributed by atoms with E-state index in [2.05, 4.69) is 38.3 Å². The summed E-state index contributed by atoms with van der Waals surface area (Å²) in [6, 6.07) is 0.296. The minimum atomic E-state index is -0.161. The fourth-order valence-electron chi connectivity index (χ4n) is 2.70. The third-order valence-electron chi connectivity index (χ3n) is 4.37. The first kappa shape index (κ1) is 14.5. The highest BCUT2D eigenvalue weighted by Gasteiger charge is 2.35. The monoisotopic (exact) mass is 240 g/mol. The Morgan fingerprint density at radius 2 is 1.82 bits per heavy atom. The van der Waals surface area contributed by atoms with Gasteiger partial charge >= 0.3 is 0 Å². The van der Waals surface area contributed by atoms with Gasteiger partial charge in [-0.2, -0.15) is 0 Å². The minimum Gasteiger partial charge on any atom is -0.353 e. The van der Waals surface area contributed by atoms with Gasteiger partial charge in [-0.05, 0) is 38.8 Å². The Kier molecular flexibility index (Phi) is 5.44. The van der Waals surface area contributed by atoms with Crippen LogP contribution in [-0.2, 0) is 4.79 Å². The largest absolute Gasteiger partial charge is 0.353 e. The lowest BCUT2D eigenvalue weighted by Gasteiger charge is -2.35. The van der Waals surface area contributed by atoms with Gasteiger partial charge in [-0.3, -0.25) is 4.79 Å². The standard InChI is InChI=1S/C14H28N2O/c1-5-12(6-2)11(3)16-13(17)14(4)7-9-15-10-8-14/h11-12,15H,5-10H2,1-4H3,(H,16,17). The number of amides is 1. The van der Waals surface area contributed by atoms with Crippen molar-refractivity contribution in [3.05, 3.63) is 0 Å². The average Bonchev–Trinajstić information content (AvgIpc) is 2.31. The number of carbonyl (C=O) groups excluding carboxylic acids is 1. The van der Waals surface area contributed by atoms with E-state index in [0.717, 1.165) is 38.8 Å². The van der Waals surface area contributed by atoms with Crippen LogP contribution in [0.25, 0.3) is 0 Å². The predicted octanol–water partition coefficient (Wildman–Crippen LogP) is 2.32. The molecule has 1 rings (SSSR count). The number of hydrogen-bond donors (Lipinski definition) is 2. The van der Waals surface area contributed by atoms with E-state index in [1.165, 1.54) is 0 Å². The Morgan fingerprint density at radius 3 is 2.29 bits per heavy atom. The van der Waals surface area contributed by atoms with Gasteiger partial charge in [0.25, 0.3) is 0 Å². The summed E-state index contributed by atoms with van der Waals surface area (Å²) < 4.78 is 0. The summed E-state index contributed by atoms with van der Waals surface area (Å²) in [5.41, 5.74) is -0.161. The van der Waals surface area contributed by atoms with Gasteiger partial charge in [-0.15, -0.1) is 0 Å². The Bertz CT molecular complexity index is 243. The van der Waals surface area contributed by atoms with Gasteiger partial charge < -0.3 is 10.6 Å². The Hall–Kier alpha value is -0.570. The fourth-order valence-corrected chi connectivity index (χ4v) is 2.70. The summed E-state index contributed by atoms with van der Waals surface area (Å²) in [5, 5.41) is 6.54. The Labute approximate surface area is 106 Å². The van der Waals surface area contributed by atoms with Crippen molar-refractivity contribution in [2.45, 2.75) is 59.4 Å². The van der Waals surface area contributed by atoms with Crippen molar-refractivity contribution in [2.24, 2.45) is 11.3 Å². The highest BCUT2D eigenvalue weighted by atomic mass is 16.2. The van der Waals surface area contributed by atoms with E-state index in [1.807, 2.05) is 0 Å². The zero-order valence-corrected chi connectivity index (χ0v) is 11.8. The molecule has 1 amide bonds. The molecule has 100 valence electrons. The maximum absolute atomic E-state index is 12.3. The maximum Gasteiger partial charge on any atom is 0.226 e. The third-order valence-corrected chi connectivity index (χ3v) is 4.37. The van der Waals surface area contributed by atoms with Crippen molar-refractivity contribution in [3.8, 4) is 0 Å². The second kappa shape index (κ2) is 6.39. The highest BCUT2D eigenvalue weighted by Crippen LogP contribution is 2.28. The molecular weight excluding hydrogens is 212 g/mol. The SMILES string of the molecule is CCC(CC)C(C)NC(=O)C1(C)CCNCC1. The molecule has 0 spiro atoms. The molecule has 1 aliphatic heterocycles. The van der Waals surface area contributed by atoms with Gasteiger partial charge in [-0.25, -0.2) is 0 Å². The molecule has 1 aliphatic rings. The van der Waals surface area contributed by atoms with Crippen LogP contribution in [-0.4, -0.2) is 25.0 Å². The predicted molar refractivity (Wildman–Crippen MR) is 71.9 cm³/mol. The van der Waals surface area contributed by atoms with Crippen molar-refractivity contribution in [2.75, 3.05) is 13.1 Å². The molecule has 0 aromatic carbocycles. The number of carbonyl (C=O) groups is 1. The maximum atomic E-state index is 12.3. The van der Waals surface area contributed by atoms with Gasteiger partial charge in [0.05, 0.1) is 0 Å². The third kappa shape index (κ3) is 3.70. The van der Waals surface area contributed by atoms with Crippen LogP contribution in [0, 0.1) is 11.3 Å². The topological polar surface area (TPSA) is 41.1 Å². The second-order valence-corrected chi connectivity index (χ2v) is 5.65. The second-order valence-electron chi connectivity index (χ2n) is 5.65. The lowest BCUT2D eigenvalue weighted by atomic mass is 9.79. The van der Waals surface area contributed by atoms with E-state index in [9.17, 15) is 4.79 Å². The van der Waals surface area contributed by atoms with Crippen LogP contribution in [0.15, 0.2) is 0 Å². The first-order valence-electron chi connectivity index (χ1n) is 7.05. The van der Waals surface area contributed by atoms with Crippen LogP contribution in [0.4, 0.5) is 0 Å². The molecule has 1 atom stereocenters. The van der Waals surface area contributed by atoms with Gasteiger partial charge in [0.1, 0.15) is 0 Å². The highest BCUT2D eigenvalue weighted by molar-refractivity contribution is 5.82. The molecule has 2 N–H and O–H groups in total. The van der Waals surface area contributed by atoms with Crippen molar-refractivity contribution >= 4 is 5.91 Å². The van der Waals surface area contributed by atoms with Crippen LogP contribution in [0.3, 0.4) is 0 Å². The summed E-state index contributed by atoms with van der Waals surface area (Å²) in [4.78, 5) is 12.3. The van der Waals surface area contributed by atoms with Crippen molar-refractivity contribution in [1.29, 1.82) is 0 Å². The van der Waals surface area contributed by atoms with E-state index in [-0.39, 0.29) is 11.3 Å². The minimum absolute atomic E-state index is 0.161.